The van der Waals surface area contributed by atoms with Gasteiger partial charge in [0.25, 0.3) is 0 Å². The number of hydrogen-bond acceptors (Lipinski definition) is 2. The highest BCUT2D eigenvalue weighted by Gasteiger charge is 2.13. The molecule has 0 heterocycles. The van der Waals surface area contributed by atoms with Crippen molar-refractivity contribution >= 4 is 23.0 Å². The van der Waals surface area contributed by atoms with E-state index < -0.39 is 0 Å². The van der Waals surface area contributed by atoms with Gasteiger partial charge < -0.3 is 10.2 Å². The van der Waals surface area contributed by atoms with Crippen molar-refractivity contribution in [3.63, 3.8) is 0 Å². The first-order valence-electron chi connectivity index (χ1n) is 7.37. The van der Waals surface area contributed by atoms with Crippen LogP contribution in [0, 0.1) is 5.92 Å². The van der Waals surface area contributed by atoms with E-state index >= 15 is 0 Å². The van der Waals surface area contributed by atoms with Crippen LogP contribution in [0.25, 0.3) is 0 Å². The molecule has 3 heteroatoms. The lowest BCUT2D eigenvalue weighted by molar-refractivity contribution is 0.345. The zero-order valence-electron chi connectivity index (χ0n) is 12.1. The molecule has 0 saturated heterocycles. The van der Waals surface area contributed by atoms with Gasteiger partial charge in [0.1, 0.15) is 0 Å². The van der Waals surface area contributed by atoms with Crippen molar-refractivity contribution in [1.29, 1.82) is 0 Å². The first kappa shape index (κ1) is 14.5. The van der Waals surface area contributed by atoms with Gasteiger partial charge in [-0.3, -0.25) is 0 Å². The average Bonchev–Trinajstić information content (AvgIpc) is 2.39. The fourth-order valence-electron chi connectivity index (χ4n) is 2.93. The van der Waals surface area contributed by atoms with Crippen LogP contribution in [0.5, 0.6) is 0 Å². The maximum Gasteiger partial charge on any atom is 0.0597 e. The Morgan fingerprint density at radius 2 is 1.95 bits per heavy atom. The fraction of sp³-hybridized carbons (Fsp3) is 0.625. The molecule has 0 aromatic heterocycles. The second-order valence-electron chi connectivity index (χ2n) is 5.78. The monoisotopic (exact) mass is 280 g/mol. The van der Waals surface area contributed by atoms with Crippen molar-refractivity contribution in [3.8, 4) is 0 Å². The van der Waals surface area contributed by atoms with E-state index in [0.29, 0.717) is 0 Å². The predicted octanol–water partition coefficient (Wildman–Crippen LogP) is 4.79. The van der Waals surface area contributed by atoms with Crippen LogP contribution in [0.4, 0.5) is 11.4 Å². The van der Waals surface area contributed by atoms with Gasteiger partial charge >= 0.3 is 0 Å². The number of hydrogen-bond donors (Lipinski definition) is 1. The van der Waals surface area contributed by atoms with Gasteiger partial charge in [0.05, 0.1) is 11.4 Å². The molecule has 1 aromatic rings. The molecule has 0 atom stereocenters. The van der Waals surface area contributed by atoms with Crippen molar-refractivity contribution in [1.82, 2.24) is 0 Å². The quantitative estimate of drug-likeness (QED) is 0.834. The van der Waals surface area contributed by atoms with Crippen LogP contribution in [0.2, 0.25) is 5.02 Å². The van der Waals surface area contributed by atoms with Gasteiger partial charge in [0.2, 0.25) is 0 Å². The van der Waals surface area contributed by atoms with E-state index in [1.54, 1.807) is 0 Å². The van der Waals surface area contributed by atoms with E-state index in [1.165, 1.54) is 44.2 Å². The molecule has 2 nitrogen and oxygen atoms in total. The van der Waals surface area contributed by atoms with Crippen molar-refractivity contribution in [3.05, 3.63) is 23.2 Å². The van der Waals surface area contributed by atoms with Gasteiger partial charge in [-0.05, 0) is 30.5 Å². The van der Waals surface area contributed by atoms with E-state index in [1.807, 2.05) is 12.1 Å². The zero-order chi connectivity index (χ0) is 13.7. The van der Waals surface area contributed by atoms with E-state index in [4.69, 9.17) is 11.6 Å². The van der Waals surface area contributed by atoms with Gasteiger partial charge in [-0.25, -0.2) is 0 Å². The minimum atomic E-state index is 0.797. The zero-order valence-corrected chi connectivity index (χ0v) is 12.8. The maximum absolute atomic E-state index is 6.09. The molecule has 0 radical (unpaired) electrons. The molecular weight excluding hydrogens is 256 g/mol. The number of rotatable bonds is 5. The van der Waals surface area contributed by atoms with Crippen molar-refractivity contribution < 1.29 is 0 Å². The molecule has 1 aliphatic rings. The second-order valence-corrected chi connectivity index (χ2v) is 6.21. The number of nitrogens with one attached hydrogen (secondary N) is 1. The molecule has 1 N–H and O–H groups in total. The molecular formula is C16H25ClN2. The smallest absolute Gasteiger partial charge is 0.0597 e. The van der Waals surface area contributed by atoms with Crippen molar-refractivity contribution in [2.45, 2.75) is 38.5 Å². The number of halogens is 1. The minimum absolute atomic E-state index is 0.797. The molecule has 1 aromatic carbocycles. The summed E-state index contributed by atoms with van der Waals surface area (Å²) in [7, 11) is 4.13. The van der Waals surface area contributed by atoms with Crippen LogP contribution in [-0.2, 0) is 0 Å². The molecule has 0 spiro atoms. The lowest BCUT2D eigenvalue weighted by Gasteiger charge is -2.23. The standard InChI is InChI=1S/C16H25ClN2/c1-19(2)16-9-8-14(17)12-15(16)18-11-10-13-6-4-3-5-7-13/h8-9,12-13,18H,3-7,10-11H2,1-2H3. The third-order valence-corrected chi connectivity index (χ3v) is 4.27. The van der Waals surface area contributed by atoms with Crippen LogP contribution < -0.4 is 10.2 Å². The van der Waals surface area contributed by atoms with Crippen molar-refractivity contribution in [2.75, 3.05) is 30.9 Å². The van der Waals surface area contributed by atoms with Gasteiger partial charge in [-0.2, -0.15) is 0 Å². The average molecular weight is 281 g/mol. The Morgan fingerprint density at radius 3 is 2.63 bits per heavy atom. The molecule has 1 fully saturated rings. The van der Waals surface area contributed by atoms with Crippen LogP contribution >= 0.6 is 11.6 Å². The molecule has 0 bridgehead atoms. The molecule has 1 aliphatic carbocycles. The second kappa shape index (κ2) is 7.04. The summed E-state index contributed by atoms with van der Waals surface area (Å²) < 4.78 is 0. The van der Waals surface area contributed by atoms with E-state index in [2.05, 4.69) is 30.4 Å². The highest BCUT2D eigenvalue weighted by molar-refractivity contribution is 6.31. The Morgan fingerprint density at radius 1 is 1.21 bits per heavy atom. The highest BCUT2D eigenvalue weighted by Crippen LogP contribution is 2.29. The summed E-state index contributed by atoms with van der Waals surface area (Å²) in [6.45, 7) is 1.05. The molecule has 0 amide bonds. The SMILES string of the molecule is CN(C)c1ccc(Cl)cc1NCCC1CCCCC1. The molecule has 0 aliphatic heterocycles. The third kappa shape index (κ3) is 4.31. The molecule has 106 valence electrons. The summed E-state index contributed by atoms with van der Waals surface area (Å²) in [6, 6.07) is 6.05. The Labute approximate surface area is 122 Å². The normalized spacial score (nSPS) is 16.4. The van der Waals surface area contributed by atoms with E-state index in [0.717, 1.165) is 23.2 Å². The van der Waals surface area contributed by atoms with Gasteiger partial charge in [0, 0.05) is 25.7 Å². The van der Waals surface area contributed by atoms with Crippen LogP contribution in [0.15, 0.2) is 18.2 Å². The number of nitrogens with zero attached hydrogens (tertiary/aromatic N) is 1. The lowest BCUT2D eigenvalue weighted by Crippen LogP contribution is -2.15. The molecule has 0 unspecified atom stereocenters. The Balaban J connectivity index is 1.89. The number of anilines is 2. The van der Waals surface area contributed by atoms with E-state index in [-0.39, 0.29) is 0 Å². The third-order valence-electron chi connectivity index (χ3n) is 4.03. The van der Waals surface area contributed by atoms with Crippen molar-refractivity contribution in [2.24, 2.45) is 5.92 Å². The summed E-state index contributed by atoms with van der Waals surface area (Å²) >= 11 is 6.09. The van der Waals surface area contributed by atoms with Crippen LogP contribution in [0.1, 0.15) is 38.5 Å². The summed E-state index contributed by atoms with van der Waals surface area (Å²) in [5, 5.41) is 4.35. The summed E-state index contributed by atoms with van der Waals surface area (Å²) in [6.07, 6.45) is 8.38. The first-order valence-corrected chi connectivity index (χ1v) is 7.75. The highest BCUT2D eigenvalue weighted by atomic mass is 35.5. The Bertz CT molecular complexity index is 398. The summed E-state index contributed by atoms with van der Waals surface area (Å²) in [5.74, 6) is 0.920. The van der Waals surface area contributed by atoms with E-state index in [9.17, 15) is 0 Å². The first-order chi connectivity index (χ1) is 9.16. The fourth-order valence-corrected chi connectivity index (χ4v) is 3.10. The van der Waals surface area contributed by atoms with Crippen LogP contribution in [-0.4, -0.2) is 20.6 Å². The van der Waals surface area contributed by atoms with Gasteiger partial charge in [0.15, 0.2) is 0 Å². The minimum Gasteiger partial charge on any atom is -0.383 e. The predicted molar refractivity (Wildman–Crippen MR) is 85.5 cm³/mol. The number of benzene rings is 1. The maximum atomic E-state index is 6.09. The Kier molecular flexibility index (Phi) is 5.38. The summed E-state index contributed by atoms with van der Waals surface area (Å²) in [4.78, 5) is 2.12. The largest absolute Gasteiger partial charge is 0.383 e. The molecule has 19 heavy (non-hydrogen) atoms. The molecule has 1 saturated carbocycles. The molecule has 2 rings (SSSR count). The lowest BCUT2D eigenvalue weighted by atomic mass is 9.87. The summed E-state index contributed by atoms with van der Waals surface area (Å²) in [5.41, 5.74) is 2.35. The van der Waals surface area contributed by atoms with Gasteiger partial charge in [-0.15, -0.1) is 0 Å². The Hall–Kier alpha value is -0.890. The topological polar surface area (TPSA) is 15.3 Å². The van der Waals surface area contributed by atoms with Gasteiger partial charge in [-0.1, -0.05) is 43.7 Å². The van der Waals surface area contributed by atoms with Crippen LogP contribution in [0.3, 0.4) is 0 Å².